The van der Waals surface area contributed by atoms with Crippen LogP contribution < -0.4 is 11.1 Å². The highest BCUT2D eigenvalue weighted by molar-refractivity contribution is 6.00. The molecule has 0 aliphatic rings. The Bertz CT molecular complexity index is 743. The number of nitrogens with two attached hydrogens (primary N) is 1. The van der Waals surface area contributed by atoms with Crippen molar-refractivity contribution in [2.75, 3.05) is 5.32 Å². The van der Waals surface area contributed by atoms with Crippen molar-refractivity contribution in [1.29, 1.82) is 0 Å². The zero-order chi connectivity index (χ0) is 16.7. The average molecular weight is 315 g/mol. The maximum Gasteiger partial charge on any atom is 0.252 e. The van der Waals surface area contributed by atoms with Gasteiger partial charge in [-0.3, -0.25) is 4.79 Å². The lowest BCUT2D eigenvalue weighted by atomic mass is 10.1. The number of rotatable bonds is 5. The molecule has 0 radical (unpaired) electrons. The molecule has 118 valence electrons. The lowest BCUT2D eigenvalue weighted by molar-refractivity contribution is -0.117. The third-order valence-electron chi connectivity index (χ3n) is 2.87. The Kier molecular flexibility index (Phi) is 5.57. The molecule has 0 heterocycles. The van der Waals surface area contributed by atoms with Crippen molar-refractivity contribution in [2.24, 2.45) is 10.7 Å². The maximum atomic E-state index is 13.4. The number of hydrogen-bond donors (Lipinski definition) is 2. The number of nitrogens with zero attached hydrogens (tertiary/aromatic N) is 1. The quantitative estimate of drug-likeness (QED) is 0.658. The van der Waals surface area contributed by atoms with Gasteiger partial charge in [-0.1, -0.05) is 30.3 Å². The van der Waals surface area contributed by atoms with E-state index in [4.69, 9.17) is 5.73 Å². The van der Waals surface area contributed by atoms with Gasteiger partial charge in [-0.05, 0) is 23.8 Å². The van der Waals surface area contributed by atoms with Gasteiger partial charge in [0.2, 0.25) is 0 Å². The Balaban J connectivity index is 1.93. The van der Waals surface area contributed by atoms with Gasteiger partial charge in [0.1, 0.15) is 17.5 Å². The predicted molar refractivity (Wildman–Crippen MR) is 85.9 cm³/mol. The summed E-state index contributed by atoms with van der Waals surface area (Å²) in [6, 6.07) is 12.2. The molecule has 2 aromatic rings. The monoisotopic (exact) mass is 315 g/mol. The van der Waals surface area contributed by atoms with E-state index in [-0.39, 0.29) is 17.9 Å². The van der Waals surface area contributed by atoms with Gasteiger partial charge in [0.15, 0.2) is 0 Å². The topological polar surface area (TPSA) is 67.5 Å². The second-order valence-electron chi connectivity index (χ2n) is 4.69. The first-order chi connectivity index (χ1) is 11.0. The van der Waals surface area contributed by atoms with Crippen LogP contribution in [0.5, 0.6) is 0 Å². The smallest absolute Gasteiger partial charge is 0.252 e. The molecular weight excluding hydrogens is 300 g/mol. The lowest BCUT2D eigenvalue weighted by Crippen LogP contribution is -2.13. The van der Waals surface area contributed by atoms with E-state index < -0.39 is 17.5 Å². The number of amidine groups is 1. The van der Waals surface area contributed by atoms with Gasteiger partial charge in [-0.15, -0.1) is 0 Å². The molecule has 4 nitrogen and oxygen atoms in total. The number of benzene rings is 2. The molecule has 2 rings (SSSR count). The Morgan fingerprint density at radius 2 is 1.91 bits per heavy atom. The third-order valence-corrected chi connectivity index (χ3v) is 2.87. The zero-order valence-electron chi connectivity index (χ0n) is 12.2. The predicted octanol–water partition coefficient (Wildman–Crippen LogP) is 3.02. The van der Waals surface area contributed by atoms with Crippen LogP contribution in [0.25, 0.3) is 0 Å². The van der Waals surface area contributed by atoms with Crippen molar-refractivity contribution in [3.63, 3.8) is 0 Å². The van der Waals surface area contributed by atoms with Gasteiger partial charge < -0.3 is 11.1 Å². The minimum Gasteiger partial charge on any atom is -0.384 e. The van der Waals surface area contributed by atoms with Crippen LogP contribution in [0.3, 0.4) is 0 Å². The van der Waals surface area contributed by atoms with Crippen LogP contribution in [0.15, 0.2) is 65.8 Å². The van der Waals surface area contributed by atoms with E-state index in [0.717, 1.165) is 23.8 Å². The summed E-state index contributed by atoms with van der Waals surface area (Å²) in [4.78, 5) is 15.4. The van der Waals surface area contributed by atoms with Gasteiger partial charge in [0.25, 0.3) is 5.91 Å². The van der Waals surface area contributed by atoms with E-state index in [1.165, 1.54) is 12.3 Å². The summed E-state index contributed by atoms with van der Waals surface area (Å²) >= 11 is 0. The highest BCUT2D eigenvalue weighted by atomic mass is 19.1. The molecule has 23 heavy (non-hydrogen) atoms. The maximum absolute atomic E-state index is 13.4. The average Bonchev–Trinajstić information content (AvgIpc) is 2.51. The van der Waals surface area contributed by atoms with Crippen molar-refractivity contribution in [3.05, 3.63) is 78.0 Å². The van der Waals surface area contributed by atoms with Crippen LogP contribution in [0, 0.1) is 11.6 Å². The number of amides is 1. The van der Waals surface area contributed by atoms with Gasteiger partial charge >= 0.3 is 0 Å². The Hall–Kier alpha value is -3.02. The number of aliphatic imine (C=N–C) groups is 1. The van der Waals surface area contributed by atoms with Gasteiger partial charge in [0.05, 0.1) is 12.1 Å². The normalized spacial score (nSPS) is 11.7. The van der Waals surface area contributed by atoms with Crippen LogP contribution in [-0.4, -0.2) is 11.7 Å². The molecule has 0 spiro atoms. The first-order valence-corrected chi connectivity index (χ1v) is 6.83. The van der Waals surface area contributed by atoms with Gasteiger partial charge in [0, 0.05) is 12.3 Å². The molecule has 0 aromatic heterocycles. The molecule has 0 aliphatic heterocycles. The first-order valence-electron chi connectivity index (χ1n) is 6.83. The Morgan fingerprint density at radius 1 is 1.17 bits per heavy atom. The summed E-state index contributed by atoms with van der Waals surface area (Å²) in [6.45, 7) is 0. The minimum absolute atomic E-state index is 0.0322. The van der Waals surface area contributed by atoms with Crippen molar-refractivity contribution in [3.8, 4) is 0 Å². The molecule has 0 unspecified atom stereocenters. The van der Waals surface area contributed by atoms with Crippen LogP contribution in [0.4, 0.5) is 14.5 Å². The summed E-state index contributed by atoms with van der Waals surface area (Å²) in [7, 11) is 0. The highest BCUT2D eigenvalue weighted by Gasteiger charge is 2.03. The van der Waals surface area contributed by atoms with E-state index in [9.17, 15) is 13.6 Å². The Morgan fingerprint density at radius 3 is 2.65 bits per heavy atom. The molecule has 0 atom stereocenters. The highest BCUT2D eigenvalue weighted by Crippen LogP contribution is 2.14. The molecule has 0 saturated heterocycles. The van der Waals surface area contributed by atoms with Crippen molar-refractivity contribution in [1.82, 2.24) is 0 Å². The molecule has 0 saturated carbocycles. The number of carbonyl (C=O) groups excluding carboxylic acids is 1. The molecule has 3 N–H and O–H groups in total. The lowest BCUT2D eigenvalue weighted by Gasteiger charge is -2.02. The fourth-order valence-corrected chi connectivity index (χ4v) is 1.82. The van der Waals surface area contributed by atoms with Crippen LogP contribution in [0.1, 0.15) is 5.56 Å². The molecule has 0 bridgehead atoms. The minimum atomic E-state index is -0.605. The molecule has 1 amide bonds. The first kappa shape index (κ1) is 16.4. The van der Waals surface area contributed by atoms with E-state index >= 15 is 0 Å². The van der Waals surface area contributed by atoms with E-state index in [0.29, 0.717) is 0 Å². The fourth-order valence-electron chi connectivity index (χ4n) is 1.82. The zero-order valence-corrected chi connectivity index (χ0v) is 12.2. The summed E-state index contributed by atoms with van der Waals surface area (Å²) in [6.07, 6.45) is 2.72. The van der Waals surface area contributed by atoms with Crippen molar-refractivity contribution < 1.29 is 13.6 Å². The second kappa shape index (κ2) is 7.84. The summed E-state index contributed by atoms with van der Waals surface area (Å²) in [5.41, 5.74) is 6.39. The number of halogens is 2. The molecular formula is C17H15F2N3O. The van der Waals surface area contributed by atoms with E-state index in [2.05, 4.69) is 10.3 Å². The van der Waals surface area contributed by atoms with Gasteiger partial charge in [-0.25, -0.2) is 8.78 Å². The van der Waals surface area contributed by atoms with Crippen LogP contribution in [0.2, 0.25) is 0 Å². The van der Waals surface area contributed by atoms with Crippen LogP contribution >= 0.6 is 0 Å². The second-order valence-corrected chi connectivity index (χ2v) is 4.69. The number of hydrogen-bond acceptors (Lipinski definition) is 2. The van der Waals surface area contributed by atoms with Crippen LogP contribution in [-0.2, 0) is 11.2 Å². The number of anilines is 1. The Labute approximate surface area is 132 Å². The van der Waals surface area contributed by atoms with E-state index in [1.54, 1.807) is 0 Å². The molecule has 0 fully saturated rings. The van der Waals surface area contributed by atoms with Gasteiger partial charge in [-0.2, -0.15) is 4.99 Å². The standard InChI is InChI=1S/C17H15F2N3O/c18-13-6-7-14(19)15(11-13)21-9-8-16(20)22-17(23)10-12-4-2-1-3-5-12/h1-9,11,21H,10H2,(H2,20,22,23)/b9-8-. The largest absolute Gasteiger partial charge is 0.384 e. The number of carbonyl (C=O) groups is 1. The summed E-state index contributed by atoms with van der Waals surface area (Å²) in [5.74, 6) is -1.60. The molecule has 0 aliphatic carbocycles. The summed E-state index contributed by atoms with van der Waals surface area (Å²) in [5, 5.41) is 2.54. The number of nitrogens with one attached hydrogen (secondary N) is 1. The molecule has 2 aromatic carbocycles. The fraction of sp³-hybridized carbons (Fsp3) is 0.0588. The SMILES string of the molecule is NC(/C=C\Nc1cc(F)ccc1F)=NC(=O)Cc1ccccc1. The summed E-state index contributed by atoms with van der Waals surface area (Å²) < 4.78 is 26.4. The van der Waals surface area contributed by atoms with E-state index in [1.807, 2.05) is 30.3 Å². The van der Waals surface area contributed by atoms with Crippen molar-refractivity contribution >= 4 is 17.4 Å². The third kappa shape index (κ3) is 5.35. The van der Waals surface area contributed by atoms with Crippen molar-refractivity contribution in [2.45, 2.75) is 6.42 Å². The molecule has 6 heteroatoms.